The van der Waals surface area contributed by atoms with Crippen LogP contribution in [0.4, 0.5) is 11.4 Å². The lowest BCUT2D eigenvalue weighted by Crippen LogP contribution is -2.22. The summed E-state index contributed by atoms with van der Waals surface area (Å²) >= 11 is 3.37. The smallest absolute Gasteiger partial charge is 0.295 e. The predicted octanol–water partition coefficient (Wildman–Crippen LogP) is 2.98. The molecule has 17 heavy (non-hydrogen) atoms. The summed E-state index contributed by atoms with van der Waals surface area (Å²) < 4.78 is 5.62. The Kier molecular flexibility index (Phi) is 4.74. The molecule has 1 aromatic carbocycles. The van der Waals surface area contributed by atoms with Crippen molar-refractivity contribution in [3.05, 3.63) is 28.3 Å². The lowest BCUT2D eigenvalue weighted by atomic mass is 10.1. The van der Waals surface area contributed by atoms with E-state index < -0.39 is 4.92 Å². The number of ether oxygens (including phenoxy) is 1. The van der Waals surface area contributed by atoms with Crippen molar-refractivity contribution in [2.75, 3.05) is 11.1 Å². The third kappa shape index (κ3) is 3.59. The Hall–Kier alpha value is -1.30. The molecule has 0 fully saturated rings. The summed E-state index contributed by atoms with van der Waals surface area (Å²) in [6, 6.07) is 4.48. The topological polar surface area (TPSA) is 78.4 Å². The van der Waals surface area contributed by atoms with Crippen LogP contribution in [-0.4, -0.2) is 16.4 Å². The molecule has 0 aliphatic rings. The van der Waals surface area contributed by atoms with E-state index in [1.165, 1.54) is 12.1 Å². The summed E-state index contributed by atoms with van der Waals surface area (Å²) in [5.74, 6) is 0.776. The average Bonchev–Trinajstić information content (AvgIpc) is 2.30. The summed E-state index contributed by atoms with van der Waals surface area (Å²) in [6.45, 7) is 3.96. The minimum atomic E-state index is -0.513. The van der Waals surface area contributed by atoms with Gasteiger partial charge in [0.15, 0.2) is 0 Å². The van der Waals surface area contributed by atoms with Crippen LogP contribution < -0.4 is 10.5 Å². The molecule has 5 nitrogen and oxygen atoms in total. The Balaban J connectivity index is 2.86. The van der Waals surface area contributed by atoms with Crippen molar-refractivity contribution in [1.82, 2.24) is 0 Å². The van der Waals surface area contributed by atoms with Crippen LogP contribution in [0.15, 0.2) is 18.2 Å². The van der Waals surface area contributed by atoms with Crippen LogP contribution in [0.1, 0.15) is 13.8 Å². The molecular weight excluding hydrogens is 288 g/mol. The number of anilines is 1. The van der Waals surface area contributed by atoms with Gasteiger partial charge in [0.2, 0.25) is 0 Å². The number of nitrogens with two attached hydrogens (primary N) is 1. The summed E-state index contributed by atoms with van der Waals surface area (Å²) in [6.07, 6.45) is -0.0300. The second kappa shape index (κ2) is 5.86. The van der Waals surface area contributed by atoms with E-state index in [1.807, 2.05) is 13.8 Å². The van der Waals surface area contributed by atoms with E-state index in [-0.39, 0.29) is 17.5 Å². The Morgan fingerprint density at radius 1 is 1.53 bits per heavy atom. The van der Waals surface area contributed by atoms with Gasteiger partial charge in [-0.05, 0) is 19.1 Å². The highest BCUT2D eigenvalue weighted by molar-refractivity contribution is 9.09. The Morgan fingerprint density at radius 3 is 2.71 bits per heavy atom. The maximum Gasteiger partial charge on any atom is 0.295 e. The fourth-order valence-corrected chi connectivity index (χ4v) is 1.74. The number of nitrogen functional groups attached to an aromatic ring is 1. The monoisotopic (exact) mass is 302 g/mol. The SMILES string of the molecule is CC(CBr)C(C)Oc1ccc(N)c([N+](=O)[O-])c1. The van der Waals surface area contributed by atoms with Crippen molar-refractivity contribution in [3.63, 3.8) is 0 Å². The van der Waals surface area contributed by atoms with E-state index >= 15 is 0 Å². The largest absolute Gasteiger partial charge is 0.490 e. The number of hydrogen-bond donors (Lipinski definition) is 1. The number of rotatable bonds is 5. The first-order valence-electron chi connectivity index (χ1n) is 5.22. The molecule has 0 radical (unpaired) electrons. The lowest BCUT2D eigenvalue weighted by Gasteiger charge is -2.19. The molecule has 0 saturated carbocycles. The van der Waals surface area contributed by atoms with E-state index in [1.54, 1.807) is 6.07 Å². The van der Waals surface area contributed by atoms with Crippen molar-refractivity contribution in [2.24, 2.45) is 5.92 Å². The molecule has 2 N–H and O–H groups in total. The standard InChI is InChI=1S/C11H15BrN2O3/c1-7(6-12)8(2)17-9-3-4-10(13)11(5-9)14(15)16/h3-5,7-8H,6,13H2,1-2H3. The molecule has 94 valence electrons. The van der Waals surface area contributed by atoms with Crippen molar-refractivity contribution < 1.29 is 9.66 Å². The van der Waals surface area contributed by atoms with Crippen LogP contribution in [0, 0.1) is 16.0 Å². The van der Waals surface area contributed by atoms with Gasteiger partial charge in [0.1, 0.15) is 11.4 Å². The van der Waals surface area contributed by atoms with Crippen molar-refractivity contribution >= 4 is 27.3 Å². The molecule has 0 heterocycles. The molecule has 0 aliphatic carbocycles. The Bertz CT molecular complexity index is 412. The molecule has 0 aliphatic heterocycles. The number of nitro benzene ring substituents is 1. The number of hydrogen-bond acceptors (Lipinski definition) is 4. The maximum atomic E-state index is 10.7. The van der Waals surface area contributed by atoms with Crippen LogP contribution in [0.25, 0.3) is 0 Å². The number of alkyl halides is 1. The summed E-state index contributed by atoms with van der Waals surface area (Å²) in [7, 11) is 0. The van der Waals surface area contributed by atoms with E-state index in [9.17, 15) is 10.1 Å². The average molecular weight is 303 g/mol. The molecule has 0 bridgehead atoms. The van der Waals surface area contributed by atoms with Crippen LogP contribution in [-0.2, 0) is 0 Å². The zero-order valence-corrected chi connectivity index (χ0v) is 11.3. The lowest BCUT2D eigenvalue weighted by molar-refractivity contribution is -0.384. The van der Waals surface area contributed by atoms with Gasteiger partial charge in [-0.1, -0.05) is 22.9 Å². The van der Waals surface area contributed by atoms with Crippen LogP contribution >= 0.6 is 15.9 Å². The molecule has 0 saturated heterocycles. The van der Waals surface area contributed by atoms with Crippen molar-refractivity contribution in [1.29, 1.82) is 0 Å². The van der Waals surface area contributed by atoms with Crippen molar-refractivity contribution in [3.8, 4) is 5.75 Å². The quantitative estimate of drug-likeness (QED) is 0.392. The highest BCUT2D eigenvalue weighted by Gasteiger charge is 2.16. The number of nitro groups is 1. The molecule has 6 heteroatoms. The molecule has 1 rings (SSSR count). The maximum absolute atomic E-state index is 10.7. The number of nitrogens with zero attached hydrogens (tertiary/aromatic N) is 1. The van der Waals surface area contributed by atoms with Crippen LogP contribution in [0.2, 0.25) is 0 Å². The van der Waals surface area contributed by atoms with E-state index in [4.69, 9.17) is 10.5 Å². The first-order chi connectivity index (χ1) is 7.95. The summed E-state index contributed by atoms with van der Waals surface area (Å²) in [4.78, 5) is 10.2. The van der Waals surface area contributed by atoms with Gasteiger partial charge in [-0.2, -0.15) is 0 Å². The molecule has 0 spiro atoms. The molecule has 0 amide bonds. The van der Waals surface area contributed by atoms with Gasteiger partial charge in [0.25, 0.3) is 5.69 Å². The van der Waals surface area contributed by atoms with Gasteiger partial charge in [0, 0.05) is 11.2 Å². The number of halogens is 1. The number of benzene rings is 1. The predicted molar refractivity (Wildman–Crippen MR) is 70.6 cm³/mol. The molecule has 0 aromatic heterocycles. The minimum absolute atomic E-state index is 0.0300. The van der Waals surface area contributed by atoms with Gasteiger partial charge in [-0.15, -0.1) is 0 Å². The van der Waals surface area contributed by atoms with E-state index in [2.05, 4.69) is 15.9 Å². The van der Waals surface area contributed by atoms with Gasteiger partial charge >= 0.3 is 0 Å². The second-order valence-electron chi connectivity index (χ2n) is 3.93. The van der Waals surface area contributed by atoms with Gasteiger partial charge < -0.3 is 10.5 Å². The van der Waals surface area contributed by atoms with Gasteiger partial charge in [-0.3, -0.25) is 10.1 Å². The molecular formula is C11H15BrN2O3. The first kappa shape index (κ1) is 13.8. The third-order valence-corrected chi connectivity index (χ3v) is 3.59. The molecule has 1 aromatic rings. The molecule has 2 unspecified atom stereocenters. The zero-order chi connectivity index (χ0) is 13.0. The highest BCUT2D eigenvalue weighted by Crippen LogP contribution is 2.27. The summed E-state index contributed by atoms with van der Waals surface area (Å²) in [5, 5.41) is 11.5. The fraction of sp³-hybridized carbons (Fsp3) is 0.455. The third-order valence-electron chi connectivity index (χ3n) is 2.57. The highest BCUT2D eigenvalue weighted by atomic mass is 79.9. The Morgan fingerprint density at radius 2 is 2.18 bits per heavy atom. The van der Waals surface area contributed by atoms with Crippen LogP contribution in [0.5, 0.6) is 5.75 Å². The van der Waals surface area contributed by atoms with E-state index in [0.29, 0.717) is 11.7 Å². The Labute approximate surface area is 108 Å². The second-order valence-corrected chi connectivity index (χ2v) is 4.58. The summed E-state index contributed by atoms with van der Waals surface area (Å²) in [5.41, 5.74) is 5.52. The van der Waals surface area contributed by atoms with Crippen molar-refractivity contribution in [2.45, 2.75) is 20.0 Å². The minimum Gasteiger partial charge on any atom is -0.490 e. The van der Waals surface area contributed by atoms with E-state index in [0.717, 1.165) is 5.33 Å². The van der Waals surface area contributed by atoms with Gasteiger partial charge in [0.05, 0.1) is 17.1 Å². The molecule has 2 atom stereocenters. The fourth-order valence-electron chi connectivity index (χ4n) is 1.21. The van der Waals surface area contributed by atoms with Gasteiger partial charge in [-0.25, -0.2) is 0 Å². The first-order valence-corrected chi connectivity index (χ1v) is 6.34. The normalized spacial score (nSPS) is 14.1. The van der Waals surface area contributed by atoms with Crippen LogP contribution in [0.3, 0.4) is 0 Å². The zero-order valence-electron chi connectivity index (χ0n) is 9.72.